The van der Waals surface area contributed by atoms with Crippen LogP contribution in [0.25, 0.3) is 0 Å². The zero-order valence-corrected chi connectivity index (χ0v) is 12.7. The number of rotatable bonds is 4. The summed E-state index contributed by atoms with van der Waals surface area (Å²) in [5.41, 5.74) is 3.16. The second kappa shape index (κ2) is 6.85. The molecule has 0 fully saturated rings. The monoisotopic (exact) mass is 349 g/mol. The van der Waals surface area contributed by atoms with Gasteiger partial charge in [0, 0.05) is 22.4 Å². The fourth-order valence-electron chi connectivity index (χ4n) is 1.57. The average Bonchev–Trinajstić information content (AvgIpc) is 2.49. The van der Waals surface area contributed by atoms with E-state index in [2.05, 4.69) is 31.4 Å². The van der Waals surface area contributed by atoms with Gasteiger partial charge in [0.05, 0.1) is 18.9 Å². The summed E-state index contributed by atoms with van der Waals surface area (Å²) in [5, 5.41) is 13.7. The van der Waals surface area contributed by atoms with Gasteiger partial charge in [0.25, 0.3) is 5.91 Å². The molecule has 0 spiro atoms. The maximum atomic E-state index is 11.8. The lowest BCUT2D eigenvalue weighted by Crippen LogP contribution is -2.17. The van der Waals surface area contributed by atoms with Gasteiger partial charge in [-0.25, -0.2) is 5.43 Å². The van der Waals surface area contributed by atoms with Crippen molar-refractivity contribution >= 4 is 28.1 Å². The van der Waals surface area contributed by atoms with Crippen molar-refractivity contribution < 1.29 is 14.6 Å². The SMILES string of the molecule is COc1cccc(C=NNC(=O)c2cncc(Br)c2)c1O. The highest BCUT2D eigenvalue weighted by Crippen LogP contribution is 2.27. The molecule has 6 nitrogen and oxygen atoms in total. The molecule has 0 aliphatic rings. The first-order valence-corrected chi connectivity index (χ1v) is 6.71. The second-order valence-corrected chi connectivity index (χ2v) is 4.90. The topological polar surface area (TPSA) is 83.8 Å². The second-order valence-electron chi connectivity index (χ2n) is 3.99. The number of hydrazone groups is 1. The van der Waals surface area contributed by atoms with E-state index in [0.717, 1.165) is 0 Å². The quantitative estimate of drug-likeness (QED) is 0.655. The van der Waals surface area contributed by atoms with Crippen molar-refractivity contribution in [1.29, 1.82) is 0 Å². The third kappa shape index (κ3) is 3.79. The number of halogens is 1. The first-order chi connectivity index (χ1) is 10.1. The first-order valence-electron chi connectivity index (χ1n) is 5.91. The number of carbonyl (C=O) groups excluding carboxylic acids is 1. The van der Waals surface area contributed by atoms with E-state index in [9.17, 15) is 9.90 Å². The number of aromatic nitrogens is 1. The Morgan fingerprint density at radius 3 is 3.00 bits per heavy atom. The van der Waals surface area contributed by atoms with E-state index in [1.807, 2.05) is 0 Å². The smallest absolute Gasteiger partial charge is 0.272 e. The number of phenolic OH excluding ortho intramolecular Hbond substituents is 1. The molecular weight excluding hydrogens is 338 g/mol. The van der Waals surface area contributed by atoms with Crippen molar-refractivity contribution in [2.24, 2.45) is 5.10 Å². The summed E-state index contributed by atoms with van der Waals surface area (Å²) < 4.78 is 5.68. The van der Waals surface area contributed by atoms with Crippen LogP contribution < -0.4 is 10.2 Å². The van der Waals surface area contributed by atoms with E-state index >= 15 is 0 Å². The lowest BCUT2D eigenvalue weighted by Gasteiger charge is -2.05. The number of pyridine rings is 1. The molecule has 1 aromatic carbocycles. The molecule has 0 atom stereocenters. The van der Waals surface area contributed by atoms with Crippen LogP contribution in [0, 0.1) is 0 Å². The van der Waals surface area contributed by atoms with Crippen molar-refractivity contribution in [2.45, 2.75) is 0 Å². The predicted octanol–water partition coefficient (Wildman–Crippen LogP) is 2.32. The van der Waals surface area contributed by atoms with Crippen molar-refractivity contribution in [1.82, 2.24) is 10.4 Å². The standard InChI is InChI=1S/C14H12BrN3O3/c1-21-12-4-2-3-9(13(12)19)7-17-18-14(20)10-5-11(15)8-16-6-10/h2-8,19H,1H3,(H,18,20). The molecule has 0 unspecified atom stereocenters. The van der Waals surface area contributed by atoms with Crippen LogP contribution in [0.4, 0.5) is 0 Å². The molecule has 1 heterocycles. The summed E-state index contributed by atoms with van der Waals surface area (Å²) in [6.45, 7) is 0. The zero-order valence-electron chi connectivity index (χ0n) is 11.1. The largest absolute Gasteiger partial charge is 0.504 e. The van der Waals surface area contributed by atoms with Crippen LogP contribution in [-0.2, 0) is 0 Å². The van der Waals surface area contributed by atoms with Crippen molar-refractivity contribution in [3.63, 3.8) is 0 Å². The Labute approximate surface area is 129 Å². The number of benzene rings is 1. The Morgan fingerprint density at radius 2 is 2.29 bits per heavy atom. The lowest BCUT2D eigenvalue weighted by molar-refractivity contribution is 0.0954. The molecule has 0 radical (unpaired) electrons. The molecule has 7 heteroatoms. The third-order valence-corrected chi connectivity index (χ3v) is 3.02. The summed E-state index contributed by atoms with van der Waals surface area (Å²) in [6.07, 6.45) is 4.34. The highest BCUT2D eigenvalue weighted by Gasteiger charge is 2.06. The molecule has 0 aliphatic carbocycles. The average molecular weight is 350 g/mol. The number of nitrogens with zero attached hydrogens (tertiary/aromatic N) is 2. The minimum absolute atomic E-state index is 0.0397. The van der Waals surface area contributed by atoms with Gasteiger partial charge in [-0.05, 0) is 34.1 Å². The van der Waals surface area contributed by atoms with E-state index in [4.69, 9.17) is 4.74 Å². The van der Waals surface area contributed by atoms with Crippen molar-refractivity contribution in [2.75, 3.05) is 7.11 Å². The number of phenols is 1. The molecule has 0 saturated carbocycles. The Hall–Kier alpha value is -2.41. The zero-order chi connectivity index (χ0) is 15.2. The van der Waals surface area contributed by atoms with Gasteiger partial charge in [-0.3, -0.25) is 9.78 Å². The van der Waals surface area contributed by atoms with Crippen LogP contribution in [0.3, 0.4) is 0 Å². The summed E-state index contributed by atoms with van der Waals surface area (Å²) in [6, 6.07) is 6.60. The van der Waals surface area contributed by atoms with Crippen LogP contribution in [-0.4, -0.2) is 29.3 Å². The molecule has 0 aliphatic heterocycles. The van der Waals surface area contributed by atoms with Gasteiger partial charge < -0.3 is 9.84 Å². The highest BCUT2D eigenvalue weighted by molar-refractivity contribution is 9.10. The van der Waals surface area contributed by atoms with E-state index in [-0.39, 0.29) is 5.75 Å². The van der Waals surface area contributed by atoms with Gasteiger partial charge >= 0.3 is 0 Å². The Morgan fingerprint density at radius 1 is 1.48 bits per heavy atom. The summed E-state index contributed by atoms with van der Waals surface area (Å²) in [4.78, 5) is 15.7. The number of amides is 1. The first kappa shape index (κ1) is 15.0. The number of ether oxygens (including phenoxy) is 1. The highest BCUT2D eigenvalue weighted by atomic mass is 79.9. The van der Waals surface area contributed by atoms with E-state index < -0.39 is 5.91 Å². The van der Waals surface area contributed by atoms with Gasteiger partial charge in [-0.1, -0.05) is 6.07 Å². The van der Waals surface area contributed by atoms with Crippen molar-refractivity contribution in [3.05, 3.63) is 52.3 Å². The van der Waals surface area contributed by atoms with Crippen LogP contribution >= 0.6 is 15.9 Å². The van der Waals surface area contributed by atoms with Crippen LogP contribution in [0.5, 0.6) is 11.5 Å². The van der Waals surface area contributed by atoms with Gasteiger partial charge in [-0.2, -0.15) is 5.10 Å². The molecule has 1 amide bonds. The number of nitrogens with one attached hydrogen (secondary N) is 1. The molecule has 21 heavy (non-hydrogen) atoms. The fraction of sp³-hybridized carbons (Fsp3) is 0.0714. The number of hydrogen-bond donors (Lipinski definition) is 2. The number of carbonyl (C=O) groups is 1. The Kier molecular flexibility index (Phi) is 4.89. The van der Waals surface area contributed by atoms with E-state index in [1.165, 1.54) is 19.5 Å². The van der Waals surface area contributed by atoms with Gasteiger partial charge in [-0.15, -0.1) is 0 Å². The van der Waals surface area contributed by atoms with Gasteiger partial charge in [0.15, 0.2) is 11.5 Å². The van der Waals surface area contributed by atoms with Crippen LogP contribution in [0.2, 0.25) is 0 Å². The summed E-state index contributed by atoms with van der Waals surface area (Å²) >= 11 is 3.23. The molecule has 108 valence electrons. The number of methoxy groups -OCH3 is 1. The number of para-hydroxylation sites is 1. The summed E-state index contributed by atoms with van der Waals surface area (Å²) in [7, 11) is 1.46. The van der Waals surface area contributed by atoms with Crippen LogP contribution in [0.1, 0.15) is 15.9 Å². The Bertz CT molecular complexity index is 689. The summed E-state index contributed by atoms with van der Waals surface area (Å²) in [5.74, 6) is -0.106. The van der Waals surface area contributed by atoms with Crippen LogP contribution in [0.15, 0.2) is 46.2 Å². The normalized spacial score (nSPS) is 10.6. The van der Waals surface area contributed by atoms with Gasteiger partial charge in [0.1, 0.15) is 0 Å². The maximum Gasteiger partial charge on any atom is 0.272 e. The third-order valence-electron chi connectivity index (χ3n) is 2.59. The fourth-order valence-corrected chi connectivity index (χ4v) is 1.93. The molecule has 2 aromatic rings. The molecule has 2 N–H and O–H groups in total. The maximum absolute atomic E-state index is 11.8. The molecular formula is C14H12BrN3O3. The molecule has 2 rings (SSSR count). The number of hydrogen-bond acceptors (Lipinski definition) is 5. The minimum atomic E-state index is -0.401. The van der Waals surface area contributed by atoms with E-state index in [0.29, 0.717) is 21.3 Å². The lowest BCUT2D eigenvalue weighted by atomic mass is 10.2. The van der Waals surface area contributed by atoms with Crippen molar-refractivity contribution in [3.8, 4) is 11.5 Å². The minimum Gasteiger partial charge on any atom is -0.504 e. The molecule has 0 bridgehead atoms. The predicted molar refractivity (Wildman–Crippen MR) is 81.7 cm³/mol. The number of aromatic hydroxyl groups is 1. The molecule has 1 aromatic heterocycles. The molecule has 0 saturated heterocycles. The van der Waals surface area contributed by atoms with E-state index in [1.54, 1.807) is 30.5 Å². The van der Waals surface area contributed by atoms with Gasteiger partial charge in [0.2, 0.25) is 0 Å². The Balaban J connectivity index is 2.07.